The zero-order valence-corrected chi connectivity index (χ0v) is 18.8. The molecule has 1 aliphatic rings. The Hall–Kier alpha value is -2.82. The van der Waals surface area contributed by atoms with Gasteiger partial charge in [0.25, 0.3) is 0 Å². The molecule has 1 saturated heterocycles. The number of carbonyl (C=O) groups excluding carboxylic acids is 2. The quantitative estimate of drug-likeness (QED) is 0.710. The number of hydrogen-bond acceptors (Lipinski definition) is 2. The number of aryl methyl sites for hydroxylation is 2. The average molecular weight is 408 g/mol. The van der Waals surface area contributed by atoms with Gasteiger partial charge in [-0.15, -0.1) is 0 Å². The third-order valence-corrected chi connectivity index (χ3v) is 5.39. The summed E-state index contributed by atoms with van der Waals surface area (Å²) in [6, 6.07) is 13.9. The van der Waals surface area contributed by atoms with Crippen molar-refractivity contribution in [1.82, 2.24) is 4.90 Å². The molecule has 160 valence electrons. The van der Waals surface area contributed by atoms with E-state index in [4.69, 9.17) is 0 Å². The van der Waals surface area contributed by atoms with Crippen LogP contribution in [-0.2, 0) is 11.3 Å². The van der Waals surface area contributed by atoms with Gasteiger partial charge >= 0.3 is 6.03 Å². The fraction of sp³-hybridized carbons (Fsp3) is 0.440. The van der Waals surface area contributed by atoms with Crippen LogP contribution >= 0.6 is 0 Å². The van der Waals surface area contributed by atoms with Crippen LogP contribution in [-0.4, -0.2) is 29.9 Å². The van der Waals surface area contributed by atoms with E-state index in [1.165, 1.54) is 11.1 Å². The summed E-state index contributed by atoms with van der Waals surface area (Å²) in [4.78, 5) is 29.2. The van der Waals surface area contributed by atoms with Crippen LogP contribution in [0.3, 0.4) is 0 Å². The van der Waals surface area contributed by atoms with E-state index in [9.17, 15) is 9.59 Å². The van der Waals surface area contributed by atoms with Crippen LogP contribution in [0.1, 0.15) is 50.3 Å². The second-order valence-electron chi connectivity index (χ2n) is 9.46. The molecular formula is C25H33N3O2. The number of nitrogens with zero attached hydrogens (tertiary/aromatic N) is 2. The molecule has 2 aromatic rings. The van der Waals surface area contributed by atoms with Crippen LogP contribution in [0, 0.1) is 19.3 Å². The maximum atomic E-state index is 13.2. The maximum absolute atomic E-state index is 13.2. The van der Waals surface area contributed by atoms with Crippen molar-refractivity contribution in [3.05, 3.63) is 59.2 Å². The molecule has 0 aromatic heterocycles. The largest absolute Gasteiger partial charge is 0.326 e. The van der Waals surface area contributed by atoms with E-state index >= 15 is 0 Å². The molecule has 30 heavy (non-hydrogen) atoms. The minimum absolute atomic E-state index is 0.0117. The second-order valence-corrected chi connectivity index (χ2v) is 9.46. The minimum atomic E-state index is -0.0701. The van der Waals surface area contributed by atoms with Crippen molar-refractivity contribution < 1.29 is 9.59 Å². The Morgan fingerprint density at radius 3 is 2.50 bits per heavy atom. The fourth-order valence-electron chi connectivity index (χ4n) is 3.73. The van der Waals surface area contributed by atoms with Crippen molar-refractivity contribution >= 4 is 23.3 Å². The van der Waals surface area contributed by atoms with E-state index in [-0.39, 0.29) is 17.4 Å². The van der Waals surface area contributed by atoms with Gasteiger partial charge in [0.05, 0.1) is 0 Å². The Morgan fingerprint density at radius 1 is 1.03 bits per heavy atom. The summed E-state index contributed by atoms with van der Waals surface area (Å²) in [5.74, 6) is -0.0130. The summed E-state index contributed by atoms with van der Waals surface area (Å²) in [6.45, 7) is 12.4. The van der Waals surface area contributed by atoms with Crippen molar-refractivity contribution in [2.45, 2.75) is 54.0 Å². The van der Waals surface area contributed by atoms with Crippen molar-refractivity contribution in [3.63, 3.8) is 0 Å². The number of urea groups is 1. The van der Waals surface area contributed by atoms with Crippen molar-refractivity contribution in [1.29, 1.82) is 0 Å². The summed E-state index contributed by atoms with van der Waals surface area (Å²) in [5.41, 5.74) is 5.12. The molecule has 0 spiro atoms. The lowest BCUT2D eigenvalue weighted by Gasteiger charge is -2.36. The molecule has 5 heteroatoms. The molecule has 0 radical (unpaired) electrons. The van der Waals surface area contributed by atoms with Crippen LogP contribution in [0.25, 0.3) is 0 Å². The van der Waals surface area contributed by atoms with E-state index in [1.807, 2.05) is 54.8 Å². The van der Waals surface area contributed by atoms with Crippen molar-refractivity contribution in [3.8, 4) is 0 Å². The predicted molar refractivity (Wildman–Crippen MR) is 123 cm³/mol. The lowest BCUT2D eigenvalue weighted by molar-refractivity contribution is -0.117. The maximum Gasteiger partial charge on any atom is 0.324 e. The Bertz CT molecular complexity index is 930. The lowest BCUT2D eigenvalue weighted by Crippen LogP contribution is -2.49. The highest BCUT2D eigenvalue weighted by Gasteiger charge is 2.27. The van der Waals surface area contributed by atoms with Gasteiger partial charge in [0.2, 0.25) is 5.91 Å². The van der Waals surface area contributed by atoms with Crippen LogP contribution < -0.4 is 10.2 Å². The molecule has 1 N–H and O–H groups in total. The van der Waals surface area contributed by atoms with Gasteiger partial charge in [0.15, 0.2) is 0 Å². The van der Waals surface area contributed by atoms with Crippen LogP contribution in [0.4, 0.5) is 16.2 Å². The number of carbonyl (C=O) groups is 2. The molecule has 0 unspecified atom stereocenters. The number of rotatable bonds is 5. The van der Waals surface area contributed by atoms with E-state index in [0.29, 0.717) is 19.5 Å². The summed E-state index contributed by atoms with van der Waals surface area (Å²) < 4.78 is 0. The number of anilines is 2. The number of nitrogens with one attached hydrogen (secondary N) is 1. The van der Waals surface area contributed by atoms with Gasteiger partial charge in [0, 0.05) is 37.4 Å². The summed E-state index contributed by atoms with van der Waals surface area (Å²) in [6.07, 6.45) is 1.36. The Labute approximate surface area is 180 Å². The first-order chi connectivity index (χ1) is 14.1. The molecular weight excluding hydrogens is 374 g/mol. The zero-order valence-electron chi connectivity index (χ0n) is 18.8. The van der Waals surface area contributed by atoms with Crippen LogP contribution in [0.2, 0.25) is 0 Å². The zero-order chi connectivity index (χ0) is 21.9. The highest BCUT2D eigenvalue weighted by Crippen LogP contribution is 2.26. The topological polar surface area (TPSA) is 52.6 Å². The van der Waals surface area contributed by atoms with Crippen molar-refractivity contribution in [2.24, 2.45) is 5.41 Å². The third-order valence-electron chi connectivity index (χ3n) is 5.39. The standard InChI is InChI=1S/C25H33N3O2/c1-18-10-11-20(14-19(18)2)17-27-12-7-13-28(24(27)30)22-9-6-8-21(15-22)26-23(29)16-25(3,4)5/h6,8-11,14-15H,7,12-13,16-17H2,1-5H3,(H,26,29). The van der Waals surface area contributed by atoms with E-state index in [0.717, 1.165) is 29.9 Å². The van der Waals surface area contributed by atoms with Gasteiger partial charge in [-0.1, -0.05) is 45.0 Å². The molecule has 0 atom stereocenters. The third kappa shape index (κ3) is 5.62. The molecule has 2 aromatic carbocycles. The summed E-state index contributed by atoms with van der Waals surface area (Å²) in [5, 5.41) is 2.96. The van der Waals surface area contributed by atoms with Gasteiger partial charge in [-0.3, -0.25) is 9.69 Å². The van der Waals surface area contributed by atoms with Crippen LogP contribution in [0.15, 0.2) is 42.5 Å². The minimum Gasteiger partial charge on any atom is -0.326 e. The Morgan fingerprint density at radius 2 is 1.80 bits per heavy atom. The van der Waals surface area contributed by atoms with Gasteiger partial charge in [0.1, 0.15) is 0 Å². The lowest BCUT2D eigenvalue weighted by atomic mass is 9.92. The first-order valence-corrected chi connectivity index (χ1v) is 10.6. The van der Waals surface area contributed by atoms with Crippen molar-refractivity contribution in [2.75, 3.05) is 23.3 Å². The normalized spacial score (nSPS) is 14.8. The molecule has 0 aliphatic carbocycles. The van der Waals surface area contributed by atoms with Gasteiger partial charge in [-0.25, -0.2) is 4.79 Å². The molecule has 1 fully saturated rings. The SMILES string of the molecule is Cc1ccc(CN2CCCN(c3cccc(NC(=O)CC(C)(C)C)c3)C2=O)cc1C. The number of benzene rings is 2. The van der Waals surface area contributed by atoms with E-state index < -0.39 is 0 Å². The molecule has 0 bridgehead atoms. The first-order valence-electron chi connectivity index (χ1n) is 10.6. The molecule has 3 rings (SSSR count). The summed E-state index contributed by atoms with van der Waals surface area (Å²) in [7, 11) is 0. The highest BCUT2D eigenvalue weighted by molar-refractivity contribution is 5.95. The first kappa shape index (κ1) is 21.9. The fourth-order valence-corrected chi connectivity index (χ4v) is 3.73. The predicted octanol–water partition coefficient (Wildman–Crippen LogP) is 5.51. The van der Waals surface area contributed by atoms with E-state index in [2.05, 4.69) is 37.4 Å². The molecule has 5 nitrogen and oxygen atoms in total. The van der Waals surface area contributed by atoms with Gasteiger partial charge in [-0.2, -0.15) is 0 Å². The molecule has 1 heterocycles. The van der Waals surface area contributed by atoms with Gasteiger partial charge in [-0.05, 0) is 60.6 Å². The highest BCUT2D eigenvalue weighted by atomic mass is 16.2. The van der Waals surface area contributed by atoms with E-state index in [1.54, 1.807) is 0 Å². The monoisotopic (exact) mass is 407 g/mol. The molecule has 0 saturated carbocycles. The molecule has 1 aliphatic heterocycles. The van der Waals surface area contributed by atoms with Crippen LogP contribution in [0.5, 0.6) is 0 Å². The Balaban J connectivity index is 1.71. The average Bonchev–Trinajstić information content (AvgIpc) is 2.65. The van der Waals surface area contributed by atoms with Gasteiger partial charge < -0.3 is 10.2 Å². The number of hydrogen-bond donors (Lipinski definition) is 1. The second kappa shape index (κ2) is 8.90. The summed E-state index contributed by atoms with van der Waals surface area (Å²) >= 11 is 0. The smallest absolute Gasteiger partial charge is 0.324 e. The number of amides is 3. The Kier molecular flexibility index (Phi) is 6.49. The molecule has 3 amide bonds.